The summed E-state index contributed by atoms with van der Waals surface area (Å²) < 4.78 is 5.10. The smallest absolute Gasteiger partial charge is 0.259 e. The zero-order valence-electron chi connectivity index (χ0n) is 12.6. The molecule has 1 aliphatic heterocycles. The van der Waals surface area contributed by atoms with Crippen molar-refractivity contribution in [2.45, 2.75) is 26.2 Å². The van der Waals surface area contributed by atoms with Crippen LogP contribution in [0.4, 0.5) is 5.82 Å². The van der Waals surface area contributed by atoms with Gasteiger partial charge in [-0.2, -0.15) is 4.98 Å². The quantitative estimate of drug-likeness (QED) is 0.820. The molecule has 3 heterocycles. The predicted molar refractivity (Wildman–Crippen MR) is 81.2 cm³/mol. The zero-order chi connectivity index (χ0) is 15.4. The van der Waals surface area contributed by atoms with Crippen LogP contribution in [0.2, 0.25) is 0 Å². The number of nitrogens with zero attached hydrogens (tertiary/aromatic N) is 4. The molecule has 1 fully saturated rings. The van der Waals surface area contributed by atoms with E-state index >= 15 is 0 Å². The van der Waals surface area contributed by atoms with Crippen molar-refractivity contribution < 1.29 is 9.32 Å². The lowest BCUT2D eigenvalue weighted by Gasteiger charge is -2.15. The Kier molecular flexibility index (Phi) is 4.32. The molecule has 1 N–H and O–H groups in total. The third kappa shape index (κ3) is 3.41. The van der Waals surface area contributed by atoms with E-state index in [1.165, 1.54) is 0 Å². The molecule has 1 saturated heterocycles. The van der Waals surface area contributed by atoms with E-state index in [0.717, 1.165) is 43.9 Å². The lowest BCUT2D eigenvalue weighted by molar-refractivity contribution is -0.127. The first-order chi connectivity index (χ1) is 10.7. The Balaban J connectivity index is 1.46. The number of aromatic nitrogens is 3. The Bertz CT molecular complexity index is 638. The molecular formula is C15H19N5O2. The molecule has 1 amide bonds. The Morgan fingerprint density at radius 2 is 2.32 bits per heavy atom. The molecule has 2 aromatic rings. The summed E-state index contributed by atoms with van der Waals surface area (Å²) in [7, 11) is 0. The maximum atomic E-state index is 11.5. The first kappa shape index (κ1) is 14.5. The van der Waals surface area contributed by atoms with E-state index in [1.807, 2.05) is 17.0 Å². The van der Waals surface area contributed by atoms with Crippen molar-refractivity contribution in [3.63, 3.8) is 0 Å². The number of pyridine rings is 1. The van der Waals surface area contributed by atoms with Gasteiger partial charge in [-0.1, -0.05) is 5.16 Å². The fraction of sp³-hybridized carbons (Fsp3) is 0.467. The first-order valence-electron chi connectivity index (χ1n) is 7.51. The van der Waals surface area contributed by atoms with Gasteiger partial charge in [-0.3, -0.25) is 4.79 Å². The van der Waals surface area contributed by atoms with E-state index in [4.69, 9.17) is 4.52 Å². The summed E-state index contributed by atoms with van der Waals surface area (Å²) in [5.41, 5.74) is 0.800. The fourth-order valence-electron chi connectivity index (χ4n) is 2.47. The Morgan fingerprint density at radius 3 is 2.95 bits per heavy atom. The number of hydrogen-bond donors (Lipinski definition) is 1. The zero-order valence-corrected chi connectivity index (χ0v) is 12.6. The number of likely N-dealkylation sites (tertiary alicyclic amines) is 1. The van der Waals surface area contributed by atoms with Crippen molar-refractivity contribution >= 4 is 11.7 Å². The molecular weight excluding hydrogens is 282 g/mol. The van der Waals surface area contributed by atoms with Gasteiger partial charge in [-0.25, -0.2) is 4.98 Å². The van der Waals surface area contributed by atoms with E-state index in [1.54, 1.807) is 13.1 Å². The largest absolute Gasteiger partial charge is 0.370 e. The van der Waals surface area contributed by atoms with Crippen LogP contribution in [0.15, 0.2) is 22.9 Å². The highest BCUT2D eigenvalue weighted by Crippen LogP contribution is 2.17. The first-order valence-corrected chi connectivity index (χ1v) is 7.51. The molecule has 0 aliphatic carbocycles. The molecule has 7 heteroatoms. The van der Waals surface area contributed by atoms with E-state index < -0.39 is 0 Å². The van der Waals surface area contributed by atoms with Crippen LogP contribution in [-0.2, 0) is 4.79 Å². The molecule has 0 spiro atoms. The maximum Gasteiger partial charge on any atom is 0.259 e. The van der Waals surface area contributed by atoms with Gasteiger partial charge < -0.3 is 14.7 Å². The van der Waals surface area contributed by atoms with Crippen molar-refractivity contribution in [2.75, 3.05) is 25.0 Å². The SMILES string of the molecule is Cc1noc(-c2ccc(NCCCN3CCCC3=O)nc2)n1. The van der Waals surface area contributed by atoms with Gasteiger partial charge in [0.1, 0.15) is 5.82 Å². The monoisotopic (exact) mass is 301 g/mol. The molecule has 116 valence electrons. The molecule has 22 heavy (non-hydrogen) atoms. The molecule has 0 unspecified atom stereocenters. The van der Waals surface area contributed by atoms with Gasteiger partial charge in [0, 0.05) is 32.3 Å². The van der Waals surface area contributed by atoms with Crippen LogP contribution in [0.1, 0.15) is 25.1 Å². The lowest BCUT2D eigenvalue weighted by Crippen LogP contribution is -2.27. The van der Waals surface area contributed by atoms with Gasteiger partial charge in [0.05, 0.1) is 5.56 Å². The lowest BCUT2D eigenvalue weighted by atomic mass is 10.3. The van der Waals surface area contributed by atoms with Crippen molar-refractivity contribution in [3.05, 3.63) is 24.2 Å². The highest BCUT2D eigenvalue weighted by Gasteiger charge is 2.18. The van der Waals surface area contributed by atoms with Crippen molar-refractivity contribution in [3.8, 4) is 11.5 Å². The van der Waals surface area contributed by atoms with Crippen molar-refractivity contribution in [1.29, 1.82) is 0 Å². The van der Waals surface area contributed by atoms with E-state index in [0.29, 0.717) is 18.1 Å². The number of hydrogen-bond acceptors (Lipinski definition) is 6. The number of carbonyl (C=O) groups excluding carboxylic acids is 1. The van der Waals surface area contributed by atoms with Crippen LogP contribution >= 0.6 is 0 Å². The topological polar surface area (TPSA) is 84.2 Å². The minimum absolute atomic E-state index is 0.275. The molecule has 7 nitrogen and oxygen atoms in total. The van der Waals surface area contributed by atoms with Gasteiger partial charge in [0.2, 0.25) is 5.91 Å². The van der Waals surface area contributed by atoms with Gasteiger partial charge in [0.15, 0.2) is 5.82 Å². The van der Waals surface area contributed by atoms with Crippen LogP contribution in [-0.4, -0.2) is 45.6 Å². The van der Waals surface area contributed by atoms with E-state index in [-0.39, 0.29) is 5.91 Å². The second-order valence-corrected chi connectivity index (χ2v) is 5.34. The van der Waals surface area contributed by atoms with Gasteiger partial charge in [-0.15, -0.1) is 0 Å². The highest BCUT2D eigenvalue weighted by molar-refractivity contribution is 5.78. The van der Waals surface area contributed by atoms with E-state index in [9.17, 15) is 4.79 Å². The second kappa shape index (κ2) is 6.55. The number of rotatable bonds is 6. The summed E-state index contributed by atoms with van der Waals surface area (Å²) in [6, 6.07) is 3.78. The molecule has 0 radical (unpaired) electrons. The summed E-state index contributed by atoms with van der Waals surface area (Å²) in [5, 5.41) is 7.01. The minimum atomic E-state index is 0.275. The molecule has 0 saturated carbocycles. The molecule has 1 aliphatic rings. The third-order valence-corrected chi connectivity index (χ3v) is 3.62. The van der Waals surface area contributed by atoms with Crippen molar-refractivity contribution in [1.82, 2.24) is 20.0 Å². The summed E-state index contributed by atoms with van der Waals surface area (Å²) in [5.74, 6) is 2.16. The number of nitrogens with one attached hydrogen (secondary N) is 1. The number of carbonyl (C=O) groups is 1. The summed E-state index contributed by atoms with van der Waals surface area (Å²) >= 11 is 0. The number of anilines is 1. The van der Waals surface area contributed by atoms with Crippen LogP contribution in [0, 0.1) is 6.92 Å². The minimum Gasteiger partial charge on any atom is -0.370 e. The number of aryl methyl sites for hydroxylation is 1. The normalized spacial score (nSPS) is 14.6. The average molecular weight is 301 g/mol. The fourth-order valence-corrected chi connectivity index (χ4v) is 2.47. The number of amides is 1. The van der Waals surface area contributed by atoms with Crippen LogP contribution < -0.4 is 5.32 Å². The standard InChI is InChI=1S/C15H19N5O2/c1-11-18-15(22-19-11)12-5-6-13(17-10-12)16-7-3-9-20-8-2-4-14(20)21/h5-6,10H,2-4,7-9H2,1H3,(H,16,17). The van der Waals surface area contributed by atoms with Crippen molar-refractivity contribution in [2.24, 2.45) is 0 Å². The van der Waals surface area contributed by atoms with Crippen LogP contribution in [0.3, 0.4) is 0 Å². The maximum absolute atomic E-state index is 11.5. The average Bonchev–Trinajstić information content (AvgIpc) is 3.13. The molecule has 3 rings (SSSR count). The molecule has 2 aromatic heterocycles. The van der Waals surface area contributed by atoms with Gasteiger partial charge >= 0.3 is 0 Å². The van der Waals surface area contributed by atoms with Gasteiger partial charge in [0.25, 0.3) is 5.89 Å². The summed E-state index contributed by atoms with van der Waals surface area (Å²) in [4.78, 5) is 21.9. The van der Waals surface area contributed by atoms with Crippen LogP contribution in [0.5, 0.6) is 0 Å². The van der Waals surface area contributed by atoms with Crippen LogP contribution in [0.25, 0.3) is 11.5 Å². The molecule has 0 aromatic carbocycles. The second-order valence-electron chi connectivity index (χ2n) is 5.34. The Labute approximate surface area is 128 Å². The van der Waals surface area contributed by atoms with Gasteiger partial charge in [-0.05, 0) is 31.9 Å². The molecule has 0 bridgehead atoms. The summed E-state index contributed by atoms with van der Waals surface area (Å²) in [6.07, 6.45) is 4.31. The molecule has 0 atom stereocenters. The van der Waals surface area contributed by atoms with E-state index in [2.05, 4.69) is 20.4 Å². The highest BCUT2D eigenvalue weighted by atomic mass is 16.5. The Morgan fingerprint density at radius 1 is 1.41 bits per heavy atom. The predicted octanol–water partition coefficient (Wildman–Crippen LogP) is 1.86. The summed E-state index contributed by atoms with van der Waals surface area (Å²) in [6.45, 7) is 4.28. The third-order valence-electron chi connectivity index (χ3n) is 3.62. The Hall–Kier alpha value is -2.44.